The summed E-state index contributed by atoms with van der Waals surface area (Å²) in [5, 5.41) is 15.9. The van der Waals surface area contributed by atoms with Crippen molar-refractivity contribution >= 4 is 62.4 Å². The van der Waals surface area contributed by atoms with E-state index in [1.165, 1.54) is 0 Å². The third kappa shape index (κ3) is 5.31. The molecule has 2 fully saturated rings. The summed E-state index contributed by atoms with van der Waals surface area (Å²) in [5.74, 6) is 1.50. The summed E-state index contributed by atoms with van der Waals surface area (Å²) in [6, 6.07) is 9.62. The van der Waals surface area contributed by atoms with Crippen molar-refractivity contribution in [1.82, 2.24) is 19.8 Å². The lowest BCUT2D eigenvalue weighted by Gasteiger charge is -2.35. The van der Waals surface area contributed by atoms with Gasteiger partial charge in [0.2, 0.25) is 11.9 Å². The van der Waals surface area contributed by atoms with Crippen LogP contribution in [-0.2, 0) is 11.3 Å². The molecule has 0 saturated carbocycles. The number of halogens is 2. The van der Waals surface area contributed by atoms with Crippen molar-refractivity contribution in [2.75, 3.05) is 49.5 Å². The van der Waals surface area contributed by atoms with Crippen molar-refractivity contribution in [3.05, 3.63) is 45.3 Å². The zero-order valence-electron chi connectivity index (χ0n) is 19.1. The van der Waals surface area contributed by atoms with Gasteiger partial charge in [-0.2, -0.15) is 10.2 Å². The number of fused-ring (bicyclic) bond motifs is 1. The van der Waals surface area contributed by atoms with Crippen LogP contribution in [0.5, 0.6) is 0 Å². The van der Waals surface area contributed by atoms with Crippen LogP contribution in [0.3, 0.4) is 0 Å². The van der Waals surface area contributed by atoms with Gasteiger partial charge in [0.1, 0.15) is 5.82 Å². The van der Waals surface area contributed by atoms with Gasteiger partial charge in [0.25, 0.3) is 0 Å². The number of nitriles is 1. The normalized spacial score (nSPS) is 18.7. The molecule has 3 aromatic rings. The molecule has 1 N–H and O–H groups in total. The largest absolute Gasteiger partial charge is 0.365 e. The van der Waals surface area contributed by atoms with E-state index in [0.29, 0.717) is 55.3 Å². The maximum absolute atomic E-state index is 12.8. The molecule has 2 aliphatic heterocycles. The highest BCUT2D eigenvalue weighted by Crippen LogP contribution is 2.30. The predicted molar refractivity (Wildman–Crippen MR) is 140 cm³/mol. The monoisotopic (exact) mass is 529 g/mol. The molecule has 2 aliphatic rings. The molecule has 8 nitrogen and oxygen atoms in total. The van der Waals surface area contributed by atoms with Gasteiger partial charge >= 0.3 is 0 Å². The molecule has 0 spiro atoms. The molecule has 1 amide bonds. The van der Waals surface area contributed by atoms with Crippen molar-refractivity contribution < 1.29 is 4.79 Å². The second-order valence-corrected chi connectivity index (χ2v) is 10.5. The maximum atomic E-state index is 12.8. The van der Waals surface area contributed by atoms with Crippen LogP contribution in [-0.4, -0.2) is 71.0 Å². The van der Waals surface area contributed by atoms with Gasteiger partial charge < -0.3 is 15.1 Å². The van der Waals surface area contributed by atoms with Crippen molar-refractivity contribution in [2.45, 2.75) is 25.4 Å². The molecule has 35 heavy (non-hydrogen) atoms. The van der Waals surface area contributed by atoms with Crippen LogP contribution >= 0.6 is 34.5 Å². The number of carbonyl (C=O) groups excluding carboxylic acids is 1. The molecule has 5 rings (SSSR count). The summed E-state index contributed by atoms with van der Waals surface area (Å²) < 4.78 is 0.991. The first-order valence-electron chi connectivity index (χ1n) is 11.6. The molecule has 2 aromatic heterocycles. The van der Waals surface area contributed by atoms with Gasteiger partial charge in [0.15, 0.2) is 0 Å². The number of likely N-dealkylation sites (tertiary alicyclic amines) is 1. The first-order valence-corrected chi connectivity index (χ1v) is 13.2. The SMILES string of the molecule is N#CC1CCCN1CC(=O)N1CCN(c2nc(NCc3ccc(Cl)cc3Cl)c3sccc3n2)CC1. The van der Waals surface area contributed by atoms with Crippen molar-refractivity contribution in [1.29, 1.82) is 5.26 Å². The Labute approximate surface area is 218 Å². The van der Waals surface area contributed by atoms with Crippen LogP contribution in [0.15, 0.2) is 29.6 Å². The summed E-state index contributed by atoms with van der Waals surface area (Å²) in [7, 11) is 0. The first-order chi connectivity index (χ1) is 17.0. The van der Waals surface area contributed by atoms with E-state index >= 15 is 0 Å². The summed E-state index contributed by atoms with van der Waals surface area (Å²) in [6.07, 6.45) is 1.82. The maximum Gasteiger partial charge on any atom is 0.236 e. The Balaban J connectivity index is 1.25. The lowest BCUT2D eigenvalue weighted by Crippen LogP contribution is -2.52. The highest BCUT2D eigenvalue weighted by molar-refractivity contribution is 7.17. The summed E-state index contributed by atoms with van der Waals surface area (Å²) in [4.78, 5) is 28.4. The fourth-order valence-electron chi connectivity index (χ4n) is 4.55. The molecule has 0 radical (unpaired) electrons. The molecule has 1 atom stereocenters. The Kier molecular flexibility index (Phi) is 7.25. The number of nitrogens with zero attached hydrogens (tertiary/aromatic N) is 6. The Hall–Kier alpha value is -2.64. The smallest absolute Gasteiger partial charge is 0.236 e. The molecule has 4 heterocycles. The lowest BCUT2D eigenvalue weighted by atomic mass is 10.2. The summed E-state index contributed by atoms with van der Waals surface area (Å²) in [5.41, 5.74) is 1.82. The Bertz CT molecular complexity index is 1270. The van der Waals surface area contributed by atoms with E-state index in [2.05, 4.69) is 16.3 Å². The van der Waals surface area contributed by atoms with E-state index in [1.54, 1.807) is 17.4 Å². The molecule has 2 saturated heterocycles. The van der Waals surface area contributed by atoms with E-state index in [-0.39, 0.29) is 11.9 Å². The number of nitrogens with one attached hydrogen (secondary N) is 1. The van der Waals surface area contributed by atoms with Gasteiger partial charge in [-0.3, -0.25) is 9.69 Å². The van der Waals surface area contributed by atoms with E-state index in [4.69, 9.17) is 33.2 Å². The van der Waals surface area contributed by atoms with Crippen molar-refractivity contribution in [3.8, 4) is 6.07 Å². The highest BCUT2D eigenvalue weighted by Gasteiger charge is 2.29. The number of amides is 1. The highest BCUT2D eigenvalue weighted by atomic mass is 35.5. The number of anilines is 2. The fraction of sp³-hybridized carbons (Fsp3) is 0.417. The second-order valence-electron chi connectivity index (χ2n) is 8.72. The zero-order valence-corrected chi connectivity index (χ0v) is 21.4. The van der Waals surface area contributed by atoms with Gasteiger partial charge in [-0.15, -0.1) is 11.3 Å². The van der Waals surface area contributed by atoms with Crippen LogP contribution in [0.1, 0.15) is 18.4 Å². The van der Waals surface area contributed by atoms with E-state index in [0.717, 1.165) is 41.0 Å². The average molecular weight is 530 g/mol. The molecule has 0 aliphatic carbocycles. The number of thiophene rings is 1. The molecule has 182 valence electrons. The van der Waals surface area contributed by atoms with Crippen LogP contribution in [0.4, 0.5) is 11.8 Å². The minimum atomic E-state index is -0.139. The zero-order chi connectivity index (χ0) is 24.4. The number of hydrogen-bond acceptors (Lipinski definition) is 8. The quantitative estimate of drug-likeness (QED) is 0.510. The van der Waals surface area contributed by atoms with Crippen molar-refractivity contribution in [3.63, 3.8) is 0 Å². The van der Waals surface area contributed by atoms with Crippen LogP contribution in [0.2, 0.25) is 10.0 Å². The summed E-state index contributed by atoms with van der Waals surface area (Å²) in [6.45, 7) is 4.18. The van der Waals surface area contributed by atoms with E-state index < -0.39 is 0 Å². The van der Waals surface area contributed by atoms with Gasteiger partial charge in [-0.05, 0) is 42.0 Å². The van der Waals surface area contributed by atoms with Gasteiger partial charge in [-0.25, -0.2) is 4.98 Å². The molecular formula is C24H25Cl2N7OS. The van der Waals surface area contributed by atoms with E-state index in [1.807, 2.05) is 33.4 Å². The fourth-order valence-corrected chi connectivity index (χ4v) is 5.82. The molecular weight excluding hydrogens is 505 g/mol. The number of benzene rings is 1. The van der Waals surface area contributed by atoms with Gasteiger partial charge in [-0.1, -0.05) is 29.3 Å². The Morgan fingerprint density at radius 3 is 2.77 bits per heavy atom. The van der Waals surface area contributed by atoms with Gasteiger partial charge in [0.05, 0.1) is 28.9 Å². The average Bonchev–Trinajstić information content (AvgIpc) is 3.52. The second kappa shape index (κ2) is 10.5. The molecule has 11 heteroatoms. The molecule has 1 unspecified atom stereocenters. The van der Waals surface area contributed by atoms with Crippen LogP contribution < -0.4 is 10.2 Å². The van der Waals surface area contributed by atoms with E-state index in [9.17, 15) is 10.1 Å². The number of carbonyl (C=O) groups is 1. The van der Waals surface area contributed by atoms with Crippen LogP contribution in [0, 0.1) is 11.3 Å². The topological polar surface area (TPSA) is 88.4 Å². The first kappa shape index (κ1) is 24.1. The number of hydrogen-bond donors (Lipinski definition) is 1. The van der Waals surface area contributed by atoms with Gasteiger partial charge in [0, 0.05) is 49.3 Å². The predicted octanol–water partition coefficient (Wildman–Crippen LogP) is 4.25. The third-order valence-corrected chi connectivity index (χ3v) is 8.02. The molecule has 1 aromatic carbocycles. The minimum absolute atomic E-state index is 0.0863. The minimum Gasteiger partial charge on any atom is -0.365 e. The number of aromatic nitrogens is 2. The third-order valence-electron chi connectivity index (χ3n) is 6.52. The Morgan fingerprint density at radius 1 is 1.17 bits per heavy atom. The Morgan fingerprint density at radius 2 is 2.00 bits per heavy atom. The lowest BCUT2D eigenvalue weighted by molar-refractivity contribution is -0.132. The van der Waals surface area contributed by atoms with Crippen LogP contribution in [0.25, 0.3) is 10.2 Å². The van der Waals surface area contributed by atoms with Crippen molar-refractivity contribution in [2.24, 2.45) is 0 Å². The molecule has 0 bridgehead atoms. The summed E-state index contributed by atoms with van der Waals surface area (Å²) >= 11 is 14.0. The number of piperazine rings is 1. The standard InChI is InChI=1S/C24H25Cl2N7OS/c25-17-4-3-16(19(26)12-17)14-28-23-22-20(5-11-35-22)29-24(30-23)32-9-7-31(8-10-32)21(34)15-33-6-1-2-18(33)13-27/h3-5,11-12,18H,1-2,6-10,14-15H2,(H,28,29,30). The number of rotatable bonds is 6.